The maximum Gasteiger partial charge on any atom is 0.407 e. The average Bonchev–Trinajstić information content (AvgIpc) is 2.58. The summed E-state index contributed by atoms with van der Waals surface area (Å²) < 4.78 is 5.99. The first kappa shape index (κ1) is 21.3. The summed E-state index contributed by atoms with van der Waals surface area (Å²) in [6.45, 7) is 5.46. The van der Waals surface area contributed by atoms with E-state index in [-0.39, 0.29) is 12.5 Å². The van der Waals surface area contributed by atoms with E-state index in [0.717, 1.165) is 10.0 Å². The molecule has 2 aromatic carbocycles. The second kappa shape index (κ2) is 9.24. The molecular formula is C20H22BrClN2O3. The molecule has 1 unspecified atom stereocenters. The molecule has 0 aliphatic heterocycles. The van der Waals surface area contributed by atoms with Crippen molar-refractivity contribution in [1.82, 2.24) is 5.32 Å². The number of amides is 2. The Balaban J connectivity index is 2.13. The minimum absolute atomic E-state index is 0.106. The molecular weight excluding hydrogens is 432 g/mol. The van der Waals surface area contributed by atoms with Crippen LogP contribution < -0.4 is 10.6 Å². The summed E-state index contributed by atoms with van der Waals surface area (Å²) in [6, 6.07) is 14.4. The standard InChI is InChI=1S/C20H22BrClN2O3/c1-20(2,3)27-19(26)23-12-15(13-7-5-4-6-8-13)18(25)24-14-9-10-16(21)17(22)11-14/h4-11,15H,12H2,1-3H3,(H,23,26)(H,24,25). The molecule has 0 aliphatic carbocycles. The van der Waals surface area contributed by atoms with Crippen LogP contribution >= 0.6 is 27.5 Å². The van der Waals surface area contributed by atoms with Gasteiger partial charge in [-0.25, -0.2) is 4.79 Å². The monoisotopic (exact) mass is 452 g/mol. The molecule has 0 heterocycles. The lowest BCUT2D eigenvalue weighted by Gasteiger charge is -2.22. The van der Waals surface area contributed by atoms with Crippen molar-refractivity contribution in [1.29, 1.82) is 0 Å². The number of rotatable bonds is 5. The molecule has 0 aromatic heterocycles. The Hall–Kier alpha value is -2.05. The zero-order valence-electron chi connectivity index (χ0n) is 15.4. The van der Waals surface area contributed by atoms with E-state index in [1.54, 1.807) is 39.0 Å². The van der Waals surface area contributed by atoms with E-state index in [9.17, 15) is 9.59 Å². The van der Waals surface area contributed by atoms with Crippen molar-refractivity contribution in [2.24, 2.45) is 0 Å². The summed E-state index contributed by atoms with van der Waals surface area (Å²) in [7, 11) is 0. The number of alkyl carbamates (subject to hydrolysis) is 1. The van der Waals surface area contributed by atoms with Gasteiger partial charge in [0.25, 0.3) is 0 Å². The van der Waals surface area contributed by atoms with Gasteiger partial charge in [0.15, 0.2) is 0 Å². The summed E-state index contributed by atoms with van der Waals surface area (Å²) >= 11 is 9.41. The fourth-order valence-corrected chi connectivity index (χ4v) is 2.78. The van der Waals surface area contributed by atoms with Crippen molar-refractivity contribution in [3.8, 4) is 0 Å². The number of ether oxygens (including phenoxy) is 1. The first-order valence-corrected chi connectivity index (χ1v) is 9.60. The minimum Gasteiger partial charge on any atom is -0.444 e. The Morgan fingerprint density at radius 2 is 1.81 bits per heavy atom. The van der Waals surface area contributed by atoms with Crippen LogP contribution in [0.1, 0.15) is 32.3 Å². The Labute approximate surface area is 172 Å². The maximum atomic E-state index is 12.8. The predicted octanol–water partition coefficient (Wildman–Crippen LogP) is 5.35. The van der Waals surface area contributed by atoms with Crippen LogP contribution in [-0.4, -0.2) is 24.1 Å². The number of carbonyl (C=O) groups is 2. The Morgan fingerprint density at radius 1 is 1.15 bits per heavy atom. The molecule has 0 bridgehead atoms. The summed E-state index contributed by atoms with van der Waals surface area (Å²) in [6.07, 6.45) is -0.567. The maximum absolute atomic E-state index is 12.8. The van der Waals surface area contributed by atoms with Gasteiger partial charge in [-0.3, -0.25) is 4.79 Å². The molecule has 2 N–H and O–H groups in total. The topological polar surface area (TPSA) is 67.4 Å². The zero-order valence-corrected chi connectivity index (χ0v) is 17.7. The minimum atomic E-state index is -0.608. The van der Waals surface area contributed by atoms with Crippen molar-refractivity contribution in [3.05, 3.63) is 63.6 Å². The second-order valence-corrected chi connectivity index (χ2v) is 8.23. The first-order chi connectivity index (χ1) is 12.7. The van der Waals surface area contributed by atoms with Gasteiger partial charge in [0, 0.05) is 16.7 Å². The summed E-state index contributed by atoms with van der Waals surface area (Å²) in [5, 5.41) is 6.01. The van der Waals surface area contributed by atoms with Crippen LogP contribution in [-0.2, 0) is 9.53 Å². The fraction of sp³-hybridized carbons (Fsp3) is 0.300. The van der Waals surface area contributed by atoms with Gasteiger partial charge in [-0.2, -0.15) is 0 Å². The van der Waals surface area contributed by atoms with E-state index in [1.807, 2.05) is 30.3 Å². The number of halogens is 2. The molecule has 1 atom stereocenters. The average molecular weight is 454 g/mol. The van der Waals surface area contributed by atoms with Crippen LogP contribution in [0.25, 0.3) is 0 Å². The highest BCUT2D eigenvalue weighted by Crippen LogP contribution is 2.26. The number of anilines is 1. The predicted molar refractivity (Wildman–Crippen MR) is 111 cm³/mol. The number of carbonyl (C=O) groups excluding carboxylic acids is 2. The van der Waals surface area contributed by atoms with E-state index in [4.69, 9.17) is 16.3 Å². The SMILES string of the molecule is CC(C)(C)OC(=O)NCC(C(=O)Nc1ccc(Br)c(Cl)c1)c1ccccc1. The number of hydrogen-bond acceptors (Lipinski definition) is 3. The molecule has 0 aliphatic rings. The highest BCUT2D eigenvalue weighted by Gasteiger charge is 2.23. The van der Waals surface area contributed by atoms with Gasteiger partial charge in [0.1, 0.15) is 5.60 Å². The first-order valence-electron chi connectivity index (χ1n) is 8.43. The van der Waals surface area contributed by atoms with Crippen molar-refractivity contribution in [2.45, 2.75) is 32.3 Å². The molecule has 2 aromatic rings. The number of hydrogen-bond donors (Lipinski definition) is 2. The summed E-state index contributed by atoms with van der Waals surface area (Å²) in [5.41, 5.74) is 0.753. The van der Waals surface area contributed by atoms with Gasteiger partial charge < -0.3 is 15.4 Å². The van der Waals surface area contributed by atoms with E-state index in [2.05, 4.69) is 26.6 Å². The van der Waals surface area contributed by atoms with Crippen molar-refractivity contribution in [3.63, 3.8) is 0 Å². The third-order valence-electron chi connectivity index (χ3n) is 3.55. The zero-order chi connectivity index (χ0) is 20.0. The lowest BCUT2D eigenvalue weighted by molar-refractivity contribution is -0.117. The Bertz CT molecular complexity index is 807. The lowest BCUT2D eigenvalue weighted by atomic mass is 9.98. The van der Waals surface area contributed by atoms with Crippen LogP contribution in [0.4, 0.5) is 10.5 Å². The molecule has 0 spiro atoms. The van der Waals surface area contributed by atoms with Crippen molar-refractivity contribution < 1.29 is 14.3 Å². The molecule has 2 rings (SSSR count). The van der Waals surface area contributed by atoms with E-state index >= 15 is 0 Å². The molecule has 7 heteroatoms. The van der Waals surface area contributed by atoms with Crippen LogP contribution in [0.5, 0.6) is 0 Å². The molecule has 5 nitrogen and oxygen atoms in total. The van der Waals surface area contributed by atoms with Crippen LogP contribution in [0.3, 0.4) is 0 Å². The molecule has 144 valence electrons. The van der Waals surface area contributed by atoms with E-state index in [0.29, 0.717) is 10.7 Å². The van der Waals surface area contributed by atoms with Crippen LogP contribution in [0.15, 0.2) is 53.0 Å². The van der Waals surface area contributed by atoms with Gasteiger partial charge in [-0.05, 0) is 60.5 Å². The van der Waals surface area contributed by atoms with Gasteiger partial charge in [-0.1, -0.05) is 41.9 Å². The molecule has 2 amide bonds. The van der Waals surface area contributed by atoms with E-state index < -0.39 is 17.6 Å². The van der Waals surface area contributed by atoms with Crippen LogP contribution in [0.2, 0.25) is 5.02 Å². The Morgan fingerprint density at radius 3 is 2.41 bits per heavy atom. The normalized spacial score (nSPS) is 12.2. The fourth-order valence-electron chi connectivity index (χ4n) is 2.35. The van der Waals surface area contributed by atoms with Crippen LogP contribution in [0, 0.1) is 0 Å². The van der Waals surface area contributed by atoms with Gasteiger partial charge in [-0.15, -0.1) is 0 Å². The lowest BCUT2D eigenvalue weighted by Crippen LogP contribution is -2.37. The third-order valence-corrected chi connectivity index (χ3v) is 4.79. The smallest absolute Gasteiger partial charge is 0.407 e. The van der Waals surface area contributed by atoms with Gasteiger partial charge in [0.2, 0.25) is 5.91 Å². The summed E-state index contributed by atoms with van der Waals surface area (Å²) in [4.78, 5) is 24.8. The second-order valence-electron chi connectivity index (χ2n) is 6.96. The largest absolute Gasteiger partial charge is 0.444 e. The van der Waals surface area contributed by atoms with E-state index in [1.165, 1.54) is 0 Å². The van der Waals surface area contributed by atoms with Crippen molar-refractivity contribution >= 4 is 45.2 Å². The number of benzene rings is 2. The van der Waals surface area contributed by atoms with Gasteiger partial charge >= 0.3 is 6.09 Å². The summed E-state index contributed by atoms with van der Waals surface area (Å²) in [5.74, 6) is -0.836. The van der Waals surface area contributed by atoms with Crippen molar-refractivity contribution in [2.75, 3.05) is 11.9 Å². The number of nitrogens with one attached hydrogen (secondary N) is 2. The molecule has 0 radical (unpaired) electrons. The molecule has 0 fully saturated rings. The third kappa shape index (κ3) is 6.88. The quantitative estimate of drug-likeness (QED) is 0.641. The van der Waals surface area contributed by atoms with Gasteiger partial charge in [0.05, 0.1) is 10.9 Å². The molecule has 0 saturated heterocycles. The Kier molecular flexibility index (Phi) is 7.27. The highest BCUT2D eigenvalue weighted by atomic mass is 79.9. The highest BCUT2D eigenvalue weighted by molar-refractivity contribution is 9.10. The molecule has 27 heavy (non-hydrogen) atoms. The molecule has 0 saturated carbocycles.